The second kappa shape index (κ2) is 13.0. The first-order valence-electron chi connectivity index (χ1n) is 14.1. The summed E-state index contributed by atoms with van der Waals surface area (Å²) in [4.78, 5) is 10.9. The van der Waals surface area contributed by atoms with Crippen LogP contribution in [-0.2, 0) is 4.79 Å². The minimum Gasteiger partial charge on any atom is -0.475 e. The molecule has 5 nitrogen and oxygen atoms in total. The van der Waals surface area contributed by atoms with E-state index in [9.17, 15) is 4.79 Å². The number of rotatable bonds is 5. The lowest BCUT2D eigenvalue weighted by atomic mass is 9.45. The number of carboxylic acids is 1. The van der Waals surface area contributed by atoms with Crippen molar-refractivity contribution >= 4 is 24.4 Å². The Morgan fingerprint density at radius 2 is 1.65 bits per heavy atom. The third-order valence-electron chi connectivity index (χ3n) is 10.5. The molecule has 7 atom stereocenters. The van der Waals surface area contributed by atoms with Gasteiger partial charge in [-0.05, 0) is 111 Å². The summed E-state index contributed by atoms with van der Waals surface area (Å²) in [5.41, 5.74) is 1.13. The molecule has 198 valence electrons. The molecule has 4 fully saturated rings. The van der Waals surface area contributed by atoms with Gasteiger partial charge in [-0.2, -0.15) is 12.6 Å². The lowest BCUT2D eigenvalue weighted by Crippen LogP contribution is -2.52. The van der Waals surface area contributed by atoms with Crippen LogP contribution in [0.3, 0.4) is 0 Å². The molecular formula is C28H53N3O2S. The minimum atomic E-state index is -1.25. The molecule has 4 saturated carbocycles. The molecule has 0 aromatic rings. The Morgan fingerprint density at radius 3 is 2.32 bits per heavy atom. The zero-order valence-electron chi connectivity index (χ0n) is 22.6. The number of carbonyl (C=O) groups is 1. The molecular weight excluding hydrogens is 442 g/mol. The standard InChI is InChI=1S/C25H43N3O2.C2H6.CH4S/c1-24-14-5-3-7-17(24)9-11-19-20-12-10-18(25(20,2)15-13-21(19)24)8-4-6-16-28(27)22(26)23(29)30;2*1-2/h17-21,26H,3-16,27H2,1-2H3,(H,29,30);1-2H3;2H,1H3. The fourth-order valence-electron chi connectivity index (χ4n) is 8.79. The molecule has 0 radical (unpaired) electrons. The second-order valence-corrected chi connectivity index (χ2v) is 11.6. The maximum Gasteiger partial charge on any atom is 0.372 e. The Labute approximate surface area is 214 Å². The largest absolute Gasteiger partial charge is 0.475 e. The first-order chi connectivity index (χ1) is 16.3. The van der Waals surface area contributed by atoms with E-state index in [2.05, 4.69) is 26.5 Å². The fourth-order valence-corrected chi connectivity index (χ4v) is 8.79. The van der Waals surface area contributed by atoms with E-state index in [4.69, 9.17) is 16.4 Å². The highest BCUT2D eigenvalue weighted by atomic mass is 32.1. The van der Waals surface area contributed by atoms with Gasteiger partial charge in [0, 0.05) is 6.54 Å². The van der Waals surface area contributed by atoms with Crippen molar-refractivity contribution in [1.29, 1.82) is 5.41 Å². The number of nitrogens with one attached hydrogen (secondary N) is 1. The maximum absolute atomic E-state index is 10.9. The predicted molar refractivity (Wildman–Crippen MR) is 146 cm³/mol. The third kappa shape index (κ3) is 5.79. The van der Waals surface area contributed by atoms with E-state index in [0.717, 1.165) is 47.4 Å². The number of unbranched alkanes of at least 4 members (excludes halogenated alkanes) is 1. The van der Waals surface area contributed by atoms with E-state index in [1.54, 1.807) is 6.26 Å². The van der Waals surface area contributed by atoms with Crippen LogP contribution in [-0.4, -0.2) is 34.7 Å². The number of hydrogen-bond donors (Lipinski definition) is 4. The summed E-state index contributed by atoms with van der Waals surface area (Å²) in [6, 6.07) is 0. The Hall–Kier alpha value is -0.750. The maximum atomic E-state index is 10.9. The zero-order chi connectivity index (χ0) is 25.5. The van der Waals surface area contributed by atoms with Crippen LogP contribution < -0.4 is 5.84 Å². The van der Waals surface area contributed by atoms with Crippen molar-refractivity contribution < 1.29 is 9.90 Å². The Balaban J connectivity index is 0.000000970. The molecule has 34 heavy (non-hydrogen) atoms. The van der Waals surface area contributed by atoms with Crippen molar-refractivity contribution in [1.82, 2.24) is 5.01 Å². The van der Waals surface area contributed by atoms with Gasteiger partial charge in [-0.1, -0.05) is 47.0 Å². The van der Waals surface area contributed by atoms with Crippen LogP contribution in [0.4, 0.5) is 0 Å². The highest BCUT2D eigenvalue weighted by Crippen LogP contribution is 2.67. The first kappa shape index (κ1) is 29.5. The molecule has 4 aliphatic rings. The molecule has 0 bridgehead atoms. The second-order valence-electron chi connectivity index (χ2n) is 11.6. The van der Waals surface area contributed by atoms with E-state index in [0.29, 0.717) is 17.4 Å². The predicted octanol–water partition coefficient (Wildman–Crippen LogP) is 7.02. The monoisotopic (exact) mass is 495 g/mol. The van der Waals surface area contributed by atoms with Gasteiger partial charge < -0.3 is 5.11 Å². The number of amidine groups is 1. The van der Waals surface area contributed by atoms with Gasteiger partial charge in [-0.3, -0.25) is 10.4 Å². The number of thiol groups is 1. The molecule has 7 unspecified atom stereocenters. The van der Waals surface area contributed by atoms with Gasteiger partial charge in [-0.15, -0.1) is 0 Å². The van der Waals surface area contributed by atoms with Crippen molar-refractivity contribution in [3.05, 3.63) is 0 Å². The lowest BCUT2D eigenvalue weighted by Gasteiger charge is -2.60. The molecule has 0 spiro atoms. The molecule has 4 aliphatic carbocycles. The molecule has 0 heterocycles. The van der Waals surface area contributed by atoms with Crippen LogP contribution in [0.25, 0.3) is 0 Å². The molecule has 0 aromatic carbocycles. The van der Waals surface area contributed by atoms with E-state index in [1.807, 2.05) is 13.8 Å². The molecule has 4 N–H and O–H groups in total. The number of fused-ring (bicyclic) bond motifs is 5. The normalized spacial score (nSPS) is 38.0. The summed E-state index contributed by atoms with van der Waals surface area (Å²) in [5, 5.41) is 17.4. The average Bonchev–Trinajstić information content (AvgIpc) is 3.19. The highest BCUT2D eigenvalue weighted by molar-refractivity contribution is 7.79. The summed E-state index contributed by atoms with van der Waals surface area (Å²) in [5.74, 6) is 8.62. The minimum absolute atomic E-state index is 0.461. The highest BCUT2D eigenvalue weighted by Gasteiger charge is 2.59. The lowest BCUT2D eigenvalue weighted by molar-refractivity contribution is -0.130. The topological polar surface area (TPSA) is 90.4 Å². The summed E-state index contributed by atoms with van der Waals surface area (Å²) >= 11 is 3.53. The Kier molecular flexibility index (Phi) is 11.3. The van der Waals surface area contributed by atoms with Gasteiger partial charge in [0.2, 0.25) is 5.84 Å². The van der Waals surface area contributed by atoms with Gasteiger partial charge in [0.25, 0.3) is 0 Å². The summed E-state index contributed by atoms with van der Waals surface area (Å²) in [6.07, 6.45) is 19.4. The smallest absolute Gasteiger partial charge is 0.372 e. The van der Waals surface area contributed by atoms with E-state index in [-0.39, 0.29) is 0 Å². The van der Waals surface area contributed by atoms with Gasteiger partial charge in [0.1, 0.15) is 0 Å². The van der Waals surface area contributed by atoms with Crippen molar-refractivity contribution in [2.75, 3.05) is 12.8 Å². The van der Waals surface area contributed by atoms with Crippen LogP contribution in [0.15, 0.2) is 0 Å². The average molecular weight is 496 g/mol. The number of nitrogens with zero attached hydrogens (tertiary/aromatic N) is 1. The van der Waals surface area contributed by atoms with Gasteiger partial charge >= 0.3 is 5.97 Å². The number of aliphatic carboxylic acids is 1. The van der Waals surface area contributed by atoms with Crippen LogP contribution in [0.5, 0.6) is 0 Å². The quantitative estimate of drug-likeness (QED) is 0.0824. The van der Waals surface area contributed by atoms with Crippen molar-refractivity contribution in [2.45, 2.75) is 111 Å². The number of hydrazine groups is 1. The van der Waals surface area contributed by atoms with Gasteiger partial charge in [0.15, 0.2) is 0 Å². The number of carboxylic acid groups (broad SMARTS) is 1. The van der Waals surface area contributed by atoms with Gasteiger partial charge in [-0.25, -0.2) is 10.6 Å². The number of nitrogens with two attached hydrogens (primary N) is 1. The van der Waals surface area contributed by atoms with E-state index >= 15 is 0 Å². The molecule has 4 rings (SSSR count). The summed E-state index contributed by atoms with van der Waals surface area (Å²) < 4.78 is 0. The van der Waals surface area contributed by atoms with Crippen LogP contribution in [0, 0.1) is 45.8 Å². The Bertz CT molecular complexity index is 674. The first-order valence-corrected chi connectivity index (χ1v) is 15.0. The Morgan fingerprint density at radius 1 is 0.971 bits per heavy atom. The van der Waals surface area contributed by atoms with E-state index < -0.39 is 11.8 Å². The number of hydrogen-bond acceptors (Lipinski definition) is 4. The van der Waals surface area contributed by atoms with E-state index in [1.165, 1.54) is 70.6 Å². The molecule has 0 aliphatic heterocycles. The summed E-state index contributed by atoms with van der Waals surface area (Å²) in [6.45, 7) is 9.73. The molecule has 0 amide bonds. The van der Waals surface area contributed by atoms with Crippen LogP contribution in [0.1, 0.15) is 111 Å². The fraction of sp³-hybridized carbons (Fsp3) is 0.929. The zero-order valence-corrected chi connectivity index (χ0v) is 23.5. The van der Waals surface area contributed by atoms with Crippen LogP contribution >= 0.6 is 12.6 Å². The molecule has 6 heteroatoms. The molecule has 0 aromatic heterocycles. The van der Waals surface area contributed by atoms with Crippen molar-refractivity contribution in [3.63, 3.8) is 0 Å². The van der Waals surface area contributed by atoms with Crippen molar-refractivity contribution in [2.24, 2.45) is 46.3 Å². The van der Waals surface area contributed by atoms with Crippen LogP contribution in [0.2, 0.25) is 0 Å². The summed E-state index contributed by atoms with van der Waals surface area (Å²) in [7, 11) is 0. The SMILES string of the molecule is CC.CC12CCCCC1CCC1C2CCC2(C)C(CCCCN(N)C(=N)C(=O)O)CCC12.CS. The molecule has 0 saturated heterocycles. The van der Waals surface area contributed by atoms with Gasteiger partial charge in [0.05, 0.1) is 0 Å². The van der Waals surface area contributed by atoms with Crippen molar-refractivity contribution in [3.8, 4) is 0 Å². The third-order valence-corrected chi connectivity index (χ3v) is 10.5.